The summed E-state index contributed by atoms with van der Waals surface area (Å²) in [7, 11) is 0. The zero-order valence-electron chi connectivity index (χ0n) is 13.7. The van der Waals surface area contributed by atoms with Crippen LogP contribution in [0.15, 0.2) is 36.4 Å². The quantitative estimate of drug-likeness (QED) is 0.835. The Kier molecular flexibility index (Phi) is 3.77. The number of carbonyl (C=O) groups excluding carboxylic acids is 2. The molecule has 134 valence electrons. The van der Waals surface area contributed by atoms with E-state index in [4.69, 9.17) is 21.1 Å². The number of halogens is 2. The first-order valence-electron chi connectivity index (χ1n) is 7.87. The van der Waals surface area contributed by atoms with Crippen LogP contribution in [0.2, 0.25) is 5.02 Å². The van der Waals surface area contributed by atoms with Crippen LogP contribution in [0.1, 0.15) is 18.1 Å². The summed E-state index contributed by atoms with van der Waals surface area (Å²) in [5.74, 6) is 0.000886. The molecule has 2 aliphatic heterocycles. The van der Waals surface area contributed by atoms with Crippen molar-refractivity contribution < 1.29 is 23.5 Å². The molecule has 1 atom stereocenters. The first kappa shape index (κ1) is 16.7. The molecule has 1 fully saturated rings. The van der Waals surface area contributed by atoms with Crippen LogP contribution in [-0.2, 0) is 16.9 Å². The molecular formula is C18H14ClFN2O4. The van der Waals surface area contributed by atoms with Crippen molar-refractivity contribution in [1.29, 1.82) is 0 Å². The van der Waals surface area contributed by atoms with E-state index in [9.17, 15) is 14.0 Å². The van der Waals surface area contributed by atoms with Gasteiger partial charge in [-0.2, -0.15) is 0 Å². The second-order valence-electron chi connectivity index (χ2n) is 6.21. The van der Waals surface area contributed by atoms with Gasteiger partial charge in [0.15, 0.2) is 11.5 Å². The average molecular weight is 377 g/mol. The zero-order chi connectivity index (χ0) is 18.5. The number of amides is 3. The fourth-order valence-electron chi connectivity index (χ4n) is 3.09. The van der Waals surface area contributed by atoms with Crippen LogP contribution in [0.25, 0.3) is 0 Å². The fourth-order valence-corrected chi connectivity index (χ4v) is 3.31. The highest BCUT2D eigenvalue weighted by molar-refractivity contribution is 6.31. The Labute approximate surface area is 153 Å². The van der Waals surface area contributed by atoms with E-state index in [1.165, 1.54) is 18.2 Å². The number of carbonyl (C=O) groups is 2. The molecule has 0 aliphatic carbocycles. The summed E-state index contributed by atoms with van der Waals surface area (Å²) in [4.78, 5) is 26.3. The SMILES string of the molecule is CC1(c2ccc3c(c2)OCO3)NC(=O)N(Cc2c(F)cccc2Cl)C1=O. The van der Waals surface area contributed by atoms with E-state index in [-0.39, 0.29) is 23.9 Å². The molecule has 0 spiro atoms. The lowest BCUT2D eigenvalue weighted by Gasteiger charge is -2.22. The summed E-state index contributed by atoms with van der Waals surface area (Å²) < 4.78 is 24.6. The van der Waals surface area contributed by atoms with Crippen LogP contribution in [0.5, 0.6) is 11.5 Å². The van der Waals surface area contributed by atoms with Crippen LogP contribution in [0, 0.1) is 5.82 Å². The molecule has 0 aromatic heterocycles. The molecule has 26 heavy (non-hydrogen) atoms. The van der Waals surface area contributed by atoms with Gasteiger partial charge in [0.25, 0.3) is 5.91 Å². The Morgan fingerprint density at radius 2 is 2.00 bits per heavy atom. The maximum absolute atomic E-state index is 14.0. The summed E-state index contributed by atoms with van der Waals surface area (Å²) in [5.41, 5.74) is -0.662. The molecule has 2 aromatic rings. The van der Waals surface area contributed by atoms with Gasteiger partial charge in [0, 0.05) is 10.6 Å². The number of urea groups is 1. The van der Waals surface area contributed by atoms with Crippen LogP contribution in [0.4, 0.5) is 9.18 Å². The van der Waals surface area contributed by atoms with Crippen LogP contribution < -0.4 is 14.8 Å². The van der Waals surface area contributed by atoms with Gasteiger partial charge in [-0.15, -0.1) is 0 Å². The largest absolute Gasteiger partial charge is 0.454 e. The predicted molar refractivity (Wildman–Crippen MR) is 90.4 cm³/mol. The third-order valence-electron chi connectivity index (χ3n) is 4.60. The van der Waals surface area contributed by atoms with Crippen molar-refractivity contribution in [2.75, 3.05) is 6.79 Å². The molecule has 2 aromatic carbocycles. The first-order valence-corrected chi connectivity index (χ1v) is 8.25. The van der Waals surface area contributed by atoms with Gasteiger partial charge in [0.2, 0.25) is 6.79 Å². The van der Waals surface area contributed by atoms with Gasteiger partial charge in [-0.25, -0.2) is 9.18 Å². The van der Waals surface area contributed by atoms with Gasteiger partial charge in [-0.1, -0.05) is 23.7 Å². The Hall–Kier alpha value is -2.80. The Morgan fingerprint density at radius 1 is 1.23 bits per heavy atom. The molecule has 1 saturated heterocycles. The lowest BCUT2D eigenvalue weighted by Crippen LogP contribution is -2.40. The third kappa shape index (κ3) is 2.47. The first-order chi connectivity index (χ1) is 12.4. The van der Waals surface area contributed by atoms with E-state index in [2.05, 4.69) is 5.32 Å². The Balaban J connectivity index is 1.66. The standard InChI is InChI=1S/C18H14ClFN2O4/c1-18(10-5-6-14-15(7-10)26-9-25-14)16(23)22(17(24)21-18)8-11-12(19)3-2-4-13(11)20/h2-7H,8-9H2,1H3,(H,21,24). The normalized spacial score (nSPS) is 21.3. The maximum atomic E-state index is 14.0. The number of hydrogen-bond donors (Lipinski definition) is 1. The highest BCUT2D eigenvalue weighted by Crippen LogP contribution is 2.38. The van der Waals surface area contributed by atoms with E-state index in [1.54, 1.807) is 25.1 Å². The third-order valence-corrected chi connectivity index (χ3v) is 4.96. The van der Waals surface area contributed by atoms with Crippen molar-refractivity contribution >= 4 is 23.5 Å². The average Bonchev–Trinajstić information content (AvgIpc) is 3.15. The molecule has 0 bridgehead atoms. The molecule has 0 saturated carbocycles. The maximum Gasteiger partial charge on any atom is 0.325 e. The van der Waals surface area contributed by atoms with Crippen molar-refractivity contribution in [3.8, 4) is 11.5 Å². The molecule has 6 nitrogen and oxygen atoms in total. The van der Waals surface area contributed by atoms with Gasteiger partial charge in [-0.3, -0.25) is 9.69 Å². The summed E-state index contributed by atoms with van der Waals surface area (Å²) in [6, 6.07) is 8.61. The minimum atomic E-state index is -1.30. The number of hydrogen-bond acceptors (Lipinski definition) is 4. The summed E-state index contributed by atoms with van der Waals surface area (Å²) in [5, 5.41) is 2.83. The van der Waals surface area contributed by atoms with Crippen molar-refractivity contribution in [2.24, 2.45) is 0 Å². The number of benzene rings is 2. The fraction of sp³-hybridized carbons (Fsp3) is 0.222. The van der Waals surface area contributed by atoms with E-state index < -0.39 is 23.3 Å². The second-order valence-corrected chi connectivity index (χ2v) is 6.62. The lowest BCUT2D eigenvalue weighted by atomic mass is 9.91. The number of ether oxygens (including phenoxy) is 2. The minimum Gasteiger partial charge on any atom is -0.454 e. The van der Waals surface area contributed by atoms with Gasteiger partial charge >= 0.3 is 6.03 Å². The second kappa shape index (κ2) is 5.88. The molecule has 1 N–H and O–H groups in total. The molecule has 8 heteroatoms. The number of nitrogens with zero attached hydrogens (tertiary/aromatic N) is 1. The van der Waals surface area contributed by atoms with Crippen molar-refractivity contribution in [1.82, 2.24) is 10.2 Å². The van der Waals surface area contributed by atoms with E-state index in [0.29, 0.717) is 17.1 Å². The van der Waals surface area contributed by atoms with Crippen LogP contribution in [-0.4, -0.2) is 23.6 Å². The molecule has 0 radical (unpaired) electrons. The van der Waals surface area contributed by atoms with Gasteiger partial charge < -0.3 is 14.8 Å². The minimum absolute atomic E-state index is 0.0904. The van der Waals surface area contributed by atoms with Crippen LogP contribution >= 0.6 is 11.6 Å². The van der Waals surface area contributed by atoms with E-state index >= 15 is 0 Å². The predicted octanol–water partition coefficient (Wildman–Crippen LogP) is 3.18. The van der Waals surface area contributed by atoms with Crippen molar-refractivity contribution in [2.45, 2.75) is 19.0 Å². The van der Waals surface area contributed by atoms with Gasteiger partial charge in [0.05, 0.1) is 6.54 Å². The smallest absolute Gasteiger partial charge is 0.325 e. The molecule has 4 rings (SSSR count). The lowest BCUT2D eigenvalue weighted by molar-refractivity contribution is -0.131. The monoisotopic (exact) mass is 376 g/mol. The van der Waals surface area contributed by atoms with Crippen LogP contribution in [0.3, 0.4) is 0 Å². The zero-order valence-corrected chi connectivity index (χ0v) is 14.5. The molecule has 2 aliphatic rings. The Morgan fingerprint density at radius 3 is 2.77 bits per heavy atom. The van der Waals surface area contributed by atoms with Crippen molar-refractivity contribution in [3.63, 3.8) is 0 Å². The van der Waals surface area contributed by atoms with Gasteiger partial charge in [0.1, 0.15) is 11.4 Å². The number of nitrogens with one attached hydrogen (secondary N) is 1. The number of rotatable bonds is 3. The summed E-state index contributed by atoms with van der Waals surface area (Å²) in [6.45, 7) is 1.44. The molecule has 2 heterocycles. The van der Waals surface area contributed by atoms with Gasteiger partial charge in [-0.05, 0) is 36.8 Å². The van der Waals surface area contributed by atoms with E-state index in [0.717, 1.165) is 4.90 Å². The molecule has 1 unspecified atom stereocenters. The molecule has 3 amide bonds. The van der Waals surface area contributed by atoms with Crippen molar-refractivity contribution in [3.05, 3.63) is 58.4 Å². The highest BCUT2D eigenvalue weighted by atomic mass is 35.5. The summed E-state index contributed by atoms with van der Waals surface area (Å²) in [6.07, 6.45) is 0. The van der Waals surface area contributed by atoms with E-state index in [1.807, 2.05) is 0 Å². The molecular weight excluding hydrogens is 363 g/mol. The number of imide groups is 1. The summed E-state index contributed by atoms with van der Waals surface area (Å²) >= 11 is 6.02. The topological polar surface area (TPSA) is 67.9 Å². The Bertz CT molecular complexity index is 915. The number of fused-ring (bicyclic) bond motifs is 1. The highest BCUT2D eigenvalue weighted by Gasteiger charge is 2.49.